The van der Waals surface area contributed by atoms with E-state index in [9.17, 15) is 10.1 Å². The van der Waals surface area contributed by atoms with Crippen LogP contribution in [0.15, 0.2) is 24.3 Å². The average molecular weight is 290 g/mol. The molecule has 1 spiro atoms. The summed E-state index contributed by atoms with van der Waals surface area (Å²) in [5.74, 6) is 0. The number of nitrogens with zero attached hydrogens (tertiary/aromatic N) is 1. The Kier molecular flexibility index (Phi) is 3.85. The molecule has 0 amide bonds. The molecule has 2 aliphatic rings. The van der Waals surface area contributed by atoms with Gasteiger partial charge in [0.1, 0.15) is 0 Å². The maximum absolute atomic E-state index is 10.7. The lowest BCUT2D eigenvalue weighted by atomic mass is 9.60. The zero-order chi connectivity index (χ0) is 14.9. The van der Waals surface area contributed by atoms with E-state index in [4.69, 9.17) is 4.74 Å². The fourth-order valence-electron chi connectivity index (χ4n) is 3.97. The van der Waals surface area contributed by atoms with Gasteiger partial charge in [-0.3, -0.25) is 10.1 Å². The van der Waals surface area contributed by atoms with E-state index in [1.165, 1.54) is 25.7 Å². The lowest BCUT2D eigenvalue weighted by Gasteiger charge is -2.54. The van der Waals surface area contributed by atoms with Crippen LogP contribution in [0, 0.1) is 15.5 Å². The minimum absolute atomic E-state index is 0.136. The molecule has 1 aromatic rings. The molecule has 0 unspecified atom stereocenters. The maximum atomic E-state index is 10.7. The van der Waals surface area contributed by atoms with Gasteiger partial charge in [0.05, 0.1) is 11.0 Å². The molecule has 2 atom stereocenters. The second-order valence-corrected chi connectivity index (χ2v) is 6.12. The number of hydrogen-bond acceptors (Lipinski definition) is 4. The topological polar surface area (TPSA) is 64.4 Å². The molecule has 2 saturated carbocycles. The van der Waals surface area contributed by atoms with Crippen LogP contribution in [0.3, 0.4) is 0 Å². The third kappa shape index (κ3) is 2.50. The highest BCUT2D eigenvalue weighted by Gasteiger charge is 2.56. The van der Waals surface area contributed by atoms with E-state index in [2.05, 4.69) is 12.2 Å². The third-order valence-electron chi connectivity index (χ3n) is 5.11. The van der Waals surface area contributed by atoms with Crippen molar-refractivity contribution in [3.63, 3.8) is 0 Å². The first kappa shape index (κ1) is 14.3. The van der Waals surface area contributed by atoms with E-state index in [1.807, 2.05) is 0 Å². The van der Waals surface area contributed by atoms with E-state index in [1.54, 1.807) is 24.3 Å². The minimum Gasteiger partial charge on any atom is -0.382 e. The van der Waals surface area contributed by atoms with Crippen molar-refractivity contribution in [1.29, 1.82) is 0 Å². The number of nitro groups is 1. The first-order valence-electron chi connectivity index (χ1n) is 7.78. The molecule has 0 bridgehead atoms. The van der Waals surface area contributed by atoms with Crippen molar-refractivity contribution >= 4 is 11.4 Å². The van der Waals surface area contributed by atoms with E-state index in [0.29, 0.717) is 12.1 Å². The molecule has 3 rings (SSSR count). The molecule has 2 fully saturated rings. The van der Waals surface area contributed by atoms with Crippen molar-refractivity contribution in [3.05, 3.63) is 34.4 Å². The molecule has 0 radical (unpaired) electrons. The molecule has 114 valence electrons. The number of hydrogen-bond donors (Lipinski definition) is 1. The lowest BCUT2D eigenvalue weighted by Crippen LogP contribution is -2.60. The summed E-state index contributed by atoms with van der Waals surface area (Å²) in [5.41, 5.74) is 1.38. The smallest absolute Gasteiger partial charge is 0.269 e. The predicted molar refractivity (Wildman–Crippen MR) is 81.4 cm³/mol. The van der Waals surface area contributed by atoms with Crippen molar-refractivity contribution in [2.24, 2.45) is 5.41 Å². The van der Waals surface area contributed by atoms with E-state index >= 15 is 0 Å². The molecule has 1 N–H and O–H groups in total. The molecule has 5 nitrogen and oxygen atoms in total. The highest BCUT2D eigenvalue weighted by atomic mass is 16.6. The number of non-ortho nitro benzene ring substituents is 1. The van der Waals surface area contributed by atoms with E-state index in [-0.39, 0.29) is 16.0 Å². The number of benzene rings is 1. The average Bonchev–Trinajstić information content (AvgIpc) is 2.99. The van der Waals surface area contributed by atoms with Gasteiger partial charge < -0.3 is 10.1 Å². The van der Waals surface area contributed by atoms with Crippen molar-refractivity contribution in [3.8, 4) is 0 Å². The van der Waals surface area contributed by atoms with Gasteiger partial charge in [0.15, 0.2) is 0 Å². The van der Waals surface area contributed by atoms with Crippen molar-refractivity contribution in [1.82, 2.24) is 0 Å². The van der Waals surface area contributed by atoms with Crippen LogP contribution < -0.4 is 5.32 Å². The Morgan fingerprint density at radius 2 is 2.00 bits per heavy atom. The highest BCUT2D eigenvalue weighted by molar-refractivity contribution is 5.50. The first-order chi connectivity index (χ1) is 10.2. The largest absolute Gasteiger partial charge is 0.382 e. The molecular weight excluding hydrogens is 268 g/mol. The maximum Gasteiger partial charge on any atom is 0.269 e. The summed E-state index contributed by atoms with van der Waals surface area (Å²) >= 11 is 0. The number of ether oxygens (including phenoxy) is 1. The van der Waals surface area contributed by atoms with Gasteiger partial charge in [-0.1, -0.05) is 12.8 Å². The van der Waals surface area contributed by atoms with Crippen LogP contribution in [-0.4, -0.2) is 23.7 Å². The van der Waals surface area contributed by atoms with Crippen LogP contribution in [0.1, 0.15) is 39.0 Å². The summed E-state index contributed by atoms with van der Waals surface area (Å²) < 4.78 is 5.90. The monoisotopic (exact) mass is 290 g/mol. The summed E-state index contributed by atoms with van der Waals surface area (Å²) in [7, 11) is 0. The summed E-state index contributed by atoms with van der Waals surface area (Å²) in [6.45, 7) is 2.83. The number of rotatable bonds is 5. The second-order valence-electron chi connectivity index (χ2n) is 6.12. The Morgan fingerprint density at radius 3 is 2.57 bits per heavy atom. The fourth-order valence-corrected chi connectivity index (χ4v) is 3.97. The van der Waals surface area contributed by atoms with Gasteiger partial charge in [-0.2, -0.15) is 0 Å². The SMILES string of the molecule is CCO[C@@H]1C[C@H](Nc2ccc([N+](=O)[O-])cc2)C12CCCC2. The van der Waals surface area contributed by atoms with Crippen LogP contribution in [0.2, 0.25) is 0 Å². The highest BCUT2D eigenvalue weighted by Crippen LogP contribution is 2.55. The minimum atomic E-state index is -0.364. The fraction of sp³-hybridized carbons (Fsp3) is 0.625. The molecule has 0 aromatic heterocycles. The molecule has 0 saturated heterocycles. The van der Waals surface area contributed by atoms with Crippen molar-refractivity contribution in [2.45, 2.75) is 51.2 Å². The predicted octanol–water partition coefficient (Wildman–Crippen LogP) is 3.74. The Balaban J connectivity index is 1.69. The standard InChI is InChI=1S/C16H22N2O3/c1-2-21-15-11-14(16(15)9-3-4-10-16)17-12-5-7-13(8-6-12)18(19)20/h5-8,14-15,17H,2-4,9-11H2,1H3/t14-,15+/m0/s1. The van der Waals surface area contributed by atoms with E-state index in [0.717, 1.165) is 18.7 Å². The molecule has 0 heterocycles. The van der Waals surface area contributed by atoms with Gasteiger partial charge in [0, 0.05) is 35.9 Å². The van der Waals surface area contributed by atoms with Crippen LogP contribution in [-0.2, 0) is 4.74 Å². The summed E-state index contributed by atoms with van der Waals surface area (Å²) in [4.78, 5) is 10.3. The zero-order valence-corrected chi connectivity index (χ0v) is 12.4. The van der Waals surface area contributed by atoms with Crippen LogP contribution in [0.5, 0.6) is 0 Å². The second kappa shape index (κ2) is 5.64. The third-order valence-corrected chi connectivity index (χ3v) is 5.11. The number of anilines is 1. The summed E-state index contributed by atoms with van der Waals surface area (Å²) in [5, 5.41) is 14.3. The molecule has 5 heteroatoms. The van der Waals surface area contributed by atoms with Crippen molar-refractivity contribution in [2.75, 3.05) is 11.9 Å². The summed E-state index contributed by atoms with van der Waals surface area (Å²) in [6.07, 6.45) is 6.42. The van der Waals surface area contributed by atoms with Gasteiger partial charge in [0.2, 0.25) is 0 Å². The Bertz CT molecular complexity index is 509. The van der Waals surface area contributed by atoms with Gasteiger partial charge in [-0.25, -0.2) is 0 Å². The molecule has 2 aliphatic carbocycles. The van der Waals surface area contributed by atoms with E-state index < -0.39 is 0 Å². The van der Waals surface area contributed by atoms with Crippen LogP contribution in [0.25, 0.3) is 0 Å². The zero-order valence-electron chi connectivity index (χ0n) is 12.4. The van der Waals surface area contributed by atoms with Crippen molar-refractivity contribution < 1.29 is 9.66 Å². The Hall–Kier alpha value is -1.62. The van der Waals surface area contributed by atoms with Crippen LogP contribution in [0.4, 0.5) is 11.4 Å². The quantitative estimate of drug-likeness (QED) is 0.662. The van der Waals surface area contributed by atoms with Gasteiger partial charge in [-0.05, 0) is 38.3 Å². The van der Waals surface area contributed by atoms with Gasteiger partial charge >= 0.3 is 0 Å². The number of nitro benzene ring substituents is 1. The molecule has 21 heavy (non-hydrogen) atoms. The first-order valence-corrected chi connectivity index (χ1v) is 7.78. The Morgan fingerprint density at radius 1 is 1.33 bits per heavy atom. The molecular formula is C16H22N2O3. The van der Waals surface area contributed by atoms with Crippen LogP contribution >= 0.6 is 0 Å². The lowest BCUT2D eigenvalue weighted by molar-refractivity contribution is -0.384. The normalized spacial score (nSPS) is 26.5. The Labute approximate surface area is 124 Å². The van der Waals surface area contributed by atoms with Gasteiger partial charge in [-0.15, -0.1) is 0 Å². The van der Waals surface area contributed by atoms with Gasteiger partial charge in [0.25, 0.3) is 5.69 Å². The number of nitrogens with one attached hydrogen (secondary N) is 1. The molecule has 1 aromatic carbocycles. The summed E-state index contributed by atoms with van der Waals surface area (Å²) in [6, 6.07) is 7.15. The molecule has 0 aliphatic heterocycles.